The zero-order valence-corrected chi connectivity index (χ0v) is 19.1. The first-order chi connectivity index (χ1) is 16.5. The minimum atomic E-state index is -2.58. The molecule has 0 unspecified atom stereocenters. The van der Waals surface area contributed by atoms with E-state index in [0.717, 1.165) is 37.4 Å². The fourth-order valence-electron chi connectivity index (χ4n) is 3.66. The maximum atomic E-state index is 12.6. The first-order valence-electron chi connectivity index (χ1n) is 11.2. The normalized spacial score (nSPS) is 13.8. The molecule has 0 radical (unpaired) electrons. The highest BCUT2D eigenvalue weighted by molar-refractivity contribution is 5.48. The van der Waals surface area contributed by atoms with Crippen LogP contribution in [0, 0.1) is 0 Å². The van der Waals surface area contributed by atoms with Gasteiger partial charge in [-0.05, 0) is 36.8 Å². The van der Waals surface area contributed by atoms with Gasteiger partial charge in [-0.3, -0.25) is 4.98 Å². The molecule has 1 aromatic carbocycles. The predicted octanol–water partition coefficient (Wildman–Crippen LogP) is 4.66. The first-order valence-corrected chi connectivity index (χ1v) is 11.2. The molecular formula is C25H28F2N6O. The zero-order chi connectivity index (χ0) is 23.9. The van der Waals surface area contributed by atoms with Crippen molar-refractivity contribution in [2.75, 3.05) is 36.4 Å². The molecule has 9 heteroatoms. The van der Waals surface area contributed by atoms with Crippen LogP contribution < -0.4 is 15.0 Å². The lowest BCUT2D eigenvalue weighted by Crippen LogP contribution is -2.45. The molecule has 1 fully saturated rings. The van der Waals surface area contributed by atoms with E-state index in [0.29, 0.717) is 23.8 Å². The van der Waals surface area contributed by atoms with Crippen LogP contribution in [-0.2, 0) is 13.2 Å². The summed E-state index contributed by atoms with van der Waals surface area (Å²) < 4.78 is 30.7. The first kappa shape index (κ1) is 23.4. The summed E-state index contributed by atoms with van der Waals surface area (Å²) in [6.45, 7) is 10.9. The van der Waals surface area contributed by atoms with E-state index in [1.807, 2.05) is 0 Å². The van der Waals surface area contributed by atoms with Gasteiger partial charge in [-0.2, -0.15) is 0 Å². The number of aromatic nitrogens is 3. The minimum Gasteiger partial charge on any atom is -0.472 e. The molecule has 1 N–H and O–H groups in total. The Hall–Kier alpha value is -3.75. The number of nitrogens with one attached hydrogen (secondary N) is 1. The number of piperazine rings is 1. The molecule has 0 amide bonds. The Kier molecular flexibility index (Phi) is 7.51. The van der Waals surface area contributed by atoms with Gasteiger partial charge in [0, 0.05) is 61.9 Å². The second kappa shape index (κ2) is 10.9. The molecular weight excluding hydrogens is 438 g/mol. The van der Waals surface area contributed by atoms with E-state index in [4.69, 9.17) is 4.74 Å². The van der Waals surface area contributed by atoms with Crippen molar-refractivity contribution in [3.8, 4) is 5.88 Å². The Balaban J connectivity index is 1.23. The van der Waals surface area contributed by atoms with Gasteiger partial charge in [-0.15, -0.1) is 10.2 Å². The number of pyridine rings is 1. The number of hydrogen-bond acceptors (Lipinski definition) is 7. The molecule has 3 aromatic rings. The van der Waals surface area contributed by atoms with Crippen LogP contribution in [0.4, 0.5) is 20.3 Å². The second-order valence-electron chi connectivity index (χ2n) is 8.17. The topological polar surface area (TPSA) is 66.4 Å². The maximum Gasteiger partial charge on any atom is 0.280 e. The highest BCUT2D eigenvalue weighted by Crippen LogP contribution is 2.20. The van der Waals surface area contributed by atoms with Gasteiger partial charge in [0.05, 0.1) is 0 Å². The predicted molar refractivity (Wildman–Crippen MR) is 128 cm³/mol. The highest BCUT2D eigenvalue weighted by Gasteiger charge is 2.16. The molecule has 2 aromatic heterocycles. The van der Waals surface area contributed by atoms with Gasteiger partial charge < -0.3 is 19.9 Å². The summed E-state index contributed by atoms with van der Waals surface area (Å²) in [6.07, 6.45) is -1.21. The molecule has 4 rings (SSSR count). The third kappa shape index (κ3) is 6.18. The van der Waals surface area contributed by atoms with Crippen LogP contribution in [0.3, 0.4) is 0 Å². The van der Waals surface area contributed by atoms with Crippen LogP contribution in [0.2, 0.25) is 0 Å². The lowest BCUT2D eigenvalue weighted by atomic mass is 10.1. The van der Waals surface area contributed by atoms with Gasteiger partial charge in [-0.1, -0.05) is 24.8 Å². The lowest BCUT2D eigenvalue weighted by molar-refractivity contribution is 0.146. The smallest absolute Gasteiger partial charge is 0.280 e. The van der Waals surface area contributed by atoms with Crippen molar-refractivity contribution in [2.45, 2.75) is 26.5 Å². The Morgan fingerprint density at radius 1 is 1.00 bits per heavy atom. The molecule has 1 saturated heterocycles. The second-order valence-corrected chi connectivity index (χ2v) is 8.17. The molecule has 7 nitrogen and oxygen atoms in total. The molecule has 3 heterocycles. The molecule has 0 aliphatic carbocycles. The lowest BCUT2D eigenvalue weighted by Gasteiger charge is -2.37. The van der Waals surface area contributed by atoms with Crippen molar-refractivity contribution >= 4 is 11.5 Å². The summed E-state index contributed by atoms with van der Waals surface area (Å²) in [7, 11) is 0. The number of hydrogen-bond donors (Lipinski definition) is 1. The average molecular weight is 467 g/mol. The number of benzene rings is 1. The van der Waals surface area contributed by atoms with Crippen molar-refractivity contribution in [2.24, 2.45) is 0 Å². The fourth-order valence-corrected chi connectivity index (χ4v) is 3.66. The van der Waals surface area contributed by atoms with Gasteiger partial charge in [0.2, 0.25) is 5.88 Å². The Morgan fingerprint density at radius 3 is 2.32 bits per heavy atom. The van der Waals surface area contributed by atoms with Crippen LogP contribution in [0.1, 0.15) is 30.2 Å². The fraction of sp³-hybridized carbons (Fsp3) is 0.320. The minimum absolute atomic E-state index is 0.173. The third-order valence-electron chi connectivity index (χ3n) is 5.69. The van der Waals surface area contributed by atoms with Crippen LogP contribution in [0.15, 0.2) is 67.0 Å². The number of anilines is 2. The van der Waals surface area contributed by atoms with E-state index < -0.39 is 6.43 Å². The Labute approximate surface area is 198 Å². The number of halogens is 2. The van der Waals surface area contributed by atoms with Crippen LogP contribution in [0.25, 0.3) is 0 Å². The molecule has 178 valence electrons. The Morgan fingerprint density at radius 2 is 1.74 bits per heavy atom. The summed E-state index contributed by atoms with van der Waals surface area (Å²) in [5, 5.41) is 11.4. The molecule has 0 bridgehead atoms. The zero-order valence-electron chi connectivity index (χ0n) is 19.1. The molecule has 0 spiro atoms. The summed E-state index contributed by atoms with van der Waals surface area (Å²) in [4.78, 5) is 8.42. The van der Waals surface area contributed by atoms with Crippen molar-refractivity contribution in [1.82, 2.24) is 20.1 Å². The van der Waals surface area contributed by atoms with Gasteiger partial charge in [0.1, 0.15) is 18.1 Å². The van der Waals surface area contributed by atoms with Crippen molar-refractivity contribution in [3.63, 3.8) is 0 Å². The number of allylic oxidation sites excluding steroid dienone is 1. The largest absolute Gasteiger partial charge is 0.472 e. The summed E-state index contributed by atoms with van der Waals surface area (Å²) in [6, 6.07) is 14.9. The molecule has 1 aliphatic heterocycles. The van der Waals surface area contributed by atoms with Gasteiger partial charge in [0.25, 0.3) is 6.43 Å². The Bertz CT molecular complexity index is 1070. The van der Waals surface area contributed by atoms with Crippen LogP contribution in [-0.4, -0.2) is 46.3 Å². The maximum absolute atomic E-state index is 12.6. The van der Waals surface area contributed by atoms with Crippen molar-refractivity contribution < 1.29 is 13.5 Å². The number of rotatable bonds is 9. The molecule has 34 heavy (non-hydrogen) atoms. The van der Waals surface area contributed by atoms with Gasteiger partial charge in [-0.25, -0.2) is 8.78 Å². The van der Waals surface area contributed by atoms with Gasteiger partial charge in [0.15, 0.2) is 0 Å². The quantitative estimate of drug-likeness (QED) is 0.492. The van der Waals surface area contributed by atoms with E-state index >= 15 is 0 Å². The average Bonchev–Trinajstić information content (AvgIpc) is 2.87. The summed E-state index contributed by atoms with van der Waals surface area (Å²) in [5.74, 6) is 0.981. The standard InChI is InChI=1S/C25H28F2N6O/c1-18(2)32-11-13-33(14-12-32)21-6-3-19(4-7-21)15-29-23-9-10-24(31-30-23)34-17-20-5-8-22(25(26)27)28-16-20/h3-10,16,25H,1,11-15,17H2,2H3,(H,29,30). The van der Waals surface area contributed by atoms with E-state index in [1.165, 1.54) is 18.0 Å². The van der Waals surface area contributed by atoms with E-state index in [2.05, 4.69) is 68.1 Å². The number of ether oxygens (including phenoxy) is 1. The molecule has 1 aliphatic rings. The van der Waals surface area contributed by atoms with Crippen LogP contribution in [0.5, 0.6) is 5.88 Å². The summed E-state index contributed by atoms with van der Waals surface area (Å²) in [5.41, 5.74) is 3.92. The number of alkyl halides is 2. The number of nitrogens with zero attached hydrogens (tertiary/aromatic N) is 5. The highest BCUT2D eigenvalue weighted by atomic mass is 19.3. The van der Waals surface area contributed by atoms with Gasteiger partial charge >= 0.3 is 0 Å². The van der Waals surface area contributed by atoms with Crippen molar-refractivity contribution in [3.05, 3.63) is 83.8 Å². The van der Waals surface area contributed by atoms with E-state index in [1.54, 1.807) is 18.2 Å². The third-order valence-corrected chi connectivity index (χ3v) is 5.69. The van der Waals surface area contributed by atoms with E-state index in [9.17, 15) is 8.78 Å². The monoisotopic (exact) mass is 466 g/mol. The van der Waals surface area contributed by atoms with Crippen LogP contribution >= 0.6 is 0 Å². The van der Waals surface area contributed by atoms with E-state index in [-0.39, 0.29) is 12.3 Å². The SMILES string of the molecule is C=C(C)N1CCN(c2ccc(CNc3ccc(OCc4ccc(C(F)F)nc4)nn3)cc2)CC1. The van der Waals surface area contributed by atoms with Crippen molar-refractivity contribution in [1.29, 1.82) is 0 Å². The molecule has 0 saturated carbocycles. The summed E-state index contributed by atoms with van der Waals surface area (Å²) >= 11 is 0. The molecule has 0 atom stereocenters.